The number of nitrogens with zero attached hydrogens (tertiary/aromatic N) is 1. The third-order valence-corrected chi connectivity index (χ3v) is 5.51. The number of amides is 1. The van der Waals surface area contributed by atoms with Crippen LogP contribution in [0.2, 0.25) is 0 Å². The quantitative estimate of drug-likeness (QED) is 0.759. The van der Waals surface area contributed by atoms with Crippen molar-refractivity contribution < 1.29 is 13.2 Å². The summed E-state index contributed by atoms with van der Waals surface area (Å²) in [6.07, 6.45) is 0. The average molecular weight is 430 g/mol. The first-order valence-corrected chi connectivity index (χ1v) is 8.92. The van der Waals surface area contributed by atoms with Crippen LogP contribution in [-0.4, -0.2) is 32.7 Å². The van der Waals surface area contributed by atoms with Gasteiger partial charge in [-0.3, -0.25) is 4.79 Å². The molecule has 2 rings (SSSR count). The molecule has 22 heavy (non-hydrogen) atoms. The van der Waals surface area contributed by atoms with Gasteiger partial charge in [-0.2, -0.15) is 0 Å². The van der Waals surface area contributed by atoms with Gasteiger partial charge in [0.25, 0.3) is 5.91 Å². The molecular weight excluding hydrogens is 415 g/mol. The molecule has 0 aliphatic rings. The van der Waals surface area contributed by atoms with E-state index in [-0.39, 0.29) is 10.8 Å². The van der Waals surface area contributed by atoms with Gasteiger partial charge >= 0.3 is 0 Å². The van der Waals surface area contributed by atoms with Crippen molar-refractivity contribution in [3.05, 3.63) is 57.7 Å². The van der Waals surface area contributed by atoms with Crippen molar-refractivity contribution in [2.45, 2.75) is 4.90 Å². The van der Waals surface area contributed by atoms with Crippen LogP contribution in [0.25, 0.3) is 0 Å². The second kappa shape index (κ2) is 6.76. The van der Waals surface area contributed by atoms with Crippen LogP contribution >= 0.6 is 22.6 Å². The number of anilines is 1. The molecule has 0 spiro atoms. The minimum atomic E-state index is -3.56. The summed E-state index contributed by atoms with van der Waals surface area (Å²) < 4.78 is 26.4. The summed E-state index contributed by atoms with van der Waals surface area (Å²) in [6.45, 7) is 0. The highest BCUT2D eigenvalue weighted by atomic mass is 127. The minimum absolute atomic E-state index is 0.0905. The molecule has 0 aromatic heterocycles. The molecule has 0 aliphatic heterocycles. The van der Waals surface area contributed by atoms with E-state index in [4.69, 9.17) is 0 Å². The van der Waals surface area contributed by atoms with Gasteiger partial charge in [-0.25, -0.2) is 12.7 Å². The third kappa shape index (κ3) is 3.84. The molecule has 2 aromatic carbocycles. The number of hydrogen-bond donors (Lipinski definition) is 1. The summed E-state index contributed by atoms with van der Waals surface area (Å²) in [7, 11) is -0.655. The Balaban J connectivity index is 2.26. The Labute approximate surface area is 143 Å². The molecular formula is C15H15IN2O3S. The molecule has 1 N–H and O–H groups in total. The van der Waals surface area contributed by atoms with Crippen molar-refractivity contribution in [1.82, 2.24) is 4.31 Å². The summed E-state index contributed by atoms with van der Waals surface area (Å²) >= 11 is 2.18. The van der Waals surface area contributed by atoms with E-state index in [1.807, 2.05) is 12.1 Å². The number of hydrogen-bond acceptors (Lipinski definition) is 3. The number of benzene rings is 2. The average Bonchev–Trinajstić information content (AvgIpc) is 2.49. The number of sulfonamides is 1. The van der Waals surface area contributed by atoms with Crippen LogP contribution in [-0.2, 0) is 10.0 Å². The molecule has 0 saturated carbocycles. The summed E-state index contributed by atoms with van der Waals surface area (Å²) in [6, 6.07) is 13.3. The zero-order valence-electron chi connectivity index (χ0n) is 12.1. The van der Waals surface area contributed by atoms with Gasteiger partial charge in [-0.1, -0.05) is 6.07 Å². The van der Waals surface area contributed by atoms with Crippen molar-refractivity contribution in [1.29, 1.82) is 0 Å². The fraction of sp³-hybridized carbons (Fsp3) is 0.133. The Bertz CT molecular complexity index is 787. The van der Waals surface area contributed by atoms with Gasteiger partial charge in [0.05, 0.1) is 4.90 Å². The second-order valence-electron chi connectivity index (χ2n) is 4.78. The Kier molecular flexibility index (Phi) is 5.20. The van der Waals surface area contributed by atoms with E-state index in [2.05, 4.69) is 27.9 Å². The van der Waals surface area contributed by atoms with Crippen molar-refractivity contribution >= 4 is 44.2 Å². The molecule has 1 amide bonds. The standard InChI is InChI=1S/C15H15IN2O3S/c1-18(2)22(20,21)14-5-3-4-11(10-14)15(19)17-13-8-6-12(16)7-9-13/h3-10H,1-2H3,(H,17,19). The molecule has 0 saturated heterocycles. The fourth-order valence-corrected chi connectivity index (χ4v) is 3.05. The Morgan fingerprint density at radius 3 is 2.32 bits per heavy atom. The van der Waals surface area contributed by atoms with Gasteiger partial charge in [-0.15, -0.1) is 0 Å². The van der Waals surface area contributed by atoms with E-state index in [9.17, 15) is 13.2 Å². The predicted molar refractivity (Wildman–Crippen MR) is 94.4 cm³/mol. The van der Waals surface area contributed by atoms with Gasteiger partial charge in [0.2, 0.25) is 10.0 Å². The zero-order valence-corrected chi connectivity index (χ0v) is 15.1. The van der Waals surface area contributed by atoms with Crippen LogP contribution in [0.4, 0.5) is 5.69 Å². The summed E-state index contributed by atoms with van der Waals surface area (Å²) in [5.74, 6) is -0.350. The molecule has 7 heteroatoms. The Morgan fingerprint density at radius 1 is 1.09 bits per heavy atom. The van der Waals surface area contributed by atoms with Gasteiger partial charge in [0.1, 0.15) is 0 Å². The molecule has 0 aliphatic carbocycles. The second-order valence-corrected chi connectivity index (χ2v) is 8.17. The molecule has 0 heterocycles. The van der Waals surface area contributed by atoms with E-state index in [0.717, 1.165) is 7.88 Å². The number of rotatable bonds is 4. The first-order valence-electron chi connectivity index (χ1n) is 6.40. The molecule has 0 bridgehead atoms. The Morgan fingerprint density at radius 2 is 1.73 bits per heavy atom. The lowest BCUT2D eigenvalue weighted by atomic mass is 10.2. The molecule has 0 atom stereocenters. The maximum atomic E-state index is 12.2. The highest BCUT2D eigenvalue weighted by Crippen LogP contribution is 2.17. The lowest BCUT2D eigenvalue weighted by molar-refractivity contribution is 0.102. The van der Waals surface area contributed by atoms with E-state index >= 15 is 0 Å². The molecule has 116 valence electrons. The topological polar surface area (TPSA) is 66.5 Å². The molecule has 0 radical (unpaired) electrons. The minimum Gasteiger partial charge on any atom is -0.322 e. The number of carbonyl (C=O) groups is 1. The normalized spacial score (nSPS) is 11.5. The number of nitrogens with one attached hydrogen (secondary N) is 1. The van der Waals surface area contributed by atoms with Crippen LogP contribution in [0, 0.1) is 3.57 Å². The monoisotopic (exact) mass is 430 g/mol. The lowest BCUT2D eigenvalue weighted by Gasteiger charge is -2.12. The van der Waals surface area contributed by atoms with E-state index in [0.29, 0.717) is 11.3 Å². The fourth-order valence-electron chi connectivity index (χ4n) is 1.75. The smallest absolute Gasteiger partial charge is 0.255 e. The van der Waals surface area contributed by atoms with Crippen LogP contribution in [0.5, 0.6) is 0 Å². The van der Waals surface area contributed by atoms with Crippen LogP contribution in [0.3, 0.4) is 0 Å². The maximum absolute atomic E-state index is 12.2. The van der Waals surface area contributed by atoms with Crippen molar-refractivity contribution in [2.75, 3.05) is 19.4 Å². The van der Waals surface area contributed by atoms with Crippen LogP contribution < -0.4 is 5.32 Å². The summed E-state index contributed by atoms with van der Waals surface area (Å²) in [4.78, 5) is 12.3. The number of halogens is 1. The lowest BCUT2D eigenvalue weighted by Crippen LogP contribution is -2.22. The molecule has 0 unspecified atom stereocenters. The van der Waals surface area contributed by atoms with Crippen molar-refractivity contribution in [3.63, 3.8) is 0 Å². The highest BCUT2D eigenvalue weighted by molar-refractivity contribution is 14.1. The van der Waals surface area contributed by atoms with Gasteiger partial charge in [0.15, 0.2) is 0 Å². The van der Waals surface area contributed by atoms with Crippen LogP contribution in [0.1, 0.15) is 10.4 Å². The SMILES string of the molecule is CN(C)S(=O)(=O)c1cccc(C(=O)Nc2ccc(I)cc2)c1. The van der Waals surface area contributed by atoms with Gasteiger partial charge in [0, 0.05) is 28.9 Å². The third-order valence-electron chi connectivity index (χ3n) is 2.98. The van der Waals surface area contributed by atoms with E-state index in [1.54, 1.807) is 24.3 Å². The molecule has 0 fully saturated rings. The van der Waals surface area contributed by atoms with E-state index in [1.165, 1.54) is 26.2 Å². The van der Waals surface area contributed by atoms with Crippen molar-refractivity contribution in [2.24, 2.45) is 0 Å². The predicted octanol–water partition coefficient (Wildman–Crippen LogP) is 2.79. The maximum Gasteiger partial charge on any atom is 0.255 e. The van der Waals surface area contributed by atoms with Gasteiger partial charge < -0.3 is 5.32 Å². The summed E-state index contributed by atoms with van der Waals surface area (Å²) in [5.41, 5.74) is 0.952. The van der Waals surface area contributed by atoms with Crippen LogP contribution in [0.15, 0.2) is 53.4 Å². The Hall–Kier alpha value is -1.45. The summed E-state index contributed by atoms with van der Waals surface area (Å²) in [5, 5.41) is 2.74. The van der Waals surface area contributed by atoms with Crippen molar-refractivity contribution in [3.8, 4) is 0 Å². The van der Waals surface area contributed by atoms with Gasteiger partial charge in [-0.05, 0) is 65.1 Å². The number of carbonyl (C=O) groups excluding carboxylic acids is 1. The molecule has 2 aromatic rings. The highest BCUT2D eigenvalue weighted by Gasteiger charge is 2.18. The first-order chi connectivity index (χ1) is 10.3. The first kappa shape index (κ1) is 16.9. The molecule has 5 nitrogen and oxygen atoms in total. The zero-order chi connectivity index (χ0) is 16.3. The van der Waals surface area contributed by atoms with E-state index < -0.39 is 10.0 Å². The largest absolute Gasteiger partial charge is 0.322 e.